The highest BCUT2D eigenvalue weighted by atomic mass is 16.6. The second kappa shape index (κ2) is 8.21. The Balaban J connectivity index is 1.26. The van der Waals surface area contributed by atoms with Crippen LogP contribution in [0, 0.1) is 5.92 Å². The van der Waals surface area contributed by atoms with Gasteiger partial charge in [0.2, 0.25) is 5.91 Å². The van der Waals surface area contributed by atoms with Gasteiger partial charge in [-0.25, -0.2) is 4.79 Å². The van der Waals surface area contributed by atoms with Crippen molar-refractivity contribution in [3.63, 3.8) is 0 Å². The van der Waals surface area contributed by atoms with E-state index in [-0.39, 0.29) is 29.9 Å². The number of rotatable bonds is 3. The van der Waals surface area contributed by atoms with Gasteiger partial charge >= 0.3 is 6.09 Å². The maximum absolute atomic E-state index is 13.4. The Labute approximate surface area is 181 Å². The molecule has 2 fully saturated rings. The zero-order valence-corrected chi connectivity index (χ0v) is 17.5. The van der Waals surface area contributed by atoms with Crippen LogP contribution in [0.15, 0.2) is 53.3 Å². The SMILES string of the molecule is O=C(C1CCCN1C(=O)OCc1ccccc1)N1CC2CC(C1)c1cccc(=O)n1C2. The number of hydrogen-bond acceptors (Lipinski definition) is 4. The van der Waals surface area contributed by atoms with E-state index in [1.165, 1.54) is 0 Å². The summed E-state index contributed by atoms with van der Waals surface area (Å²) in [6.45, 7) is 2.64. The Kier molecular flexibility index (Phi) is 5.26. The van der Waals surface area contributed by atoms with Crippen LogP contribution < -0.4 is 5.56 Å². The van der Waals surface area contributed by atoms with E-state index in [1.807, 2.05) is 45.9 Å². The zero-order chi connectivity index (χ0) is 21.4. The Bertz CT molecular complexity index is 1030. The van der Waals surface area contributed by atoms with Gasteiger partial charge in [-0.3, -0.25) is 14.5 Å². The summed E-state index contributed by atoms with van der Waals surface area (Å²) in [6, 6.07) is 14.5. The Morgan fingerprint density at radius 2 is 1.84 bits per heavy atom. The number of aromatic nitrogens is 1. The van der Waals surface area contributed by atoms with Crippen LogP contribution in [0.4, 0.5) is 4.79 Å². The van der Waals surface area contributed by atoms with E-state index >= 15 is 0 Å². The maximum atomic E-state index is 13.4. The van der Waals surface area contributed by atoms with Gasteiger partial charge < -0.3 is 14.2 Å². The molecule has 0 aliphatic carbocycles. The van der Waals surface area contributed by atoms with Crippen molar-refractivity contribution in [2.45, 2.75) is 44.4 Å². The van der Waals surface area contributed by atoms with Crippen LogP contribution in [0.1, 0.15) is 36.4 Å². The second-order valence-electron chi connectivity index (χ2n) is 8.83. The van der Waals surface area contributed by atoms with Crippen LogP contribution >= 0.6 is 0 Å². The van der Waals surface area contributed by atoms with Crippen molar-refractivity contribution in [2.75, 3.05) is 19.6 Å². The quantitative estimate of drug-likeness (QED) is 0.764. The third-order valence-electron chi connectivity index (χ3n) is 6.77. The molecule has 3 atom stereocenters. The fourth-order valence-corrected chi connectivity index (χ4v) is 5.33. The van der Waals surface area contributed by atoms with Crippen LogP contribution in [-0.2, 0) is 22.7 Å². The summed E-state index contributed by atoms with van der Waals surface area (Å²) in [4.78, 5) is 41.8. The average molecular weight is 421 g/mol. The van der Waals surface area contributed by atoms with E-state index in [4.69, 9.17) is 4.74 Å². The molecule has 2 bridgehead atoms. The van der Waals surface area contributed by atoms with E-state index < -0.39 is 12.1 Å². The molecule has 162 valence electrons. The fraction of sp³-hybridized carbons (Fsp3) is 0.458. The first-order valence-electron chi connectivity index (χ1n) is 11.1. The van der Waals surface area contributed by atoms with E-state index in [0.717, 1.165) is 24.1 Å². The minimum atomic E-state index is -0.458. The van der Waals surface area contributed by atoms with Crippen molar-refractivity contribution in [3.8, 4) is 0 Å². The summed E-state index contributed by atoms with van der Waals surface area (Å²) in [6.07, 6.45) is 2.05. The topological polar surface area (TPSA) is 71.8 Å². The van der Waals surface area contributed by atoms with Gasteiger partial charge in [0, 0.05) is 43.9 Å². The molecule has 1 aromatic heterocycles. The molecule has 2 aromatic rings. The minimum absolute atomic E-state index is 0.00980. The lowest BCUT2D eigenvalue weighted by Crippen LogP contribution is -2.54. The second-order valence-corrected chi connectivity index (χ2v) is 8.83. The lowest BCUT2D eigenvalue weighted by atomic mass is 9.83. The third kappa shape index (κ3) is 3.84. The number of hydrogen-bond donors (Lipinski definition) is 0. The van der Waals surface area contributed by atoms with E-state index in [1.54, 1.807) is 17.0 Å². The molecule has 3 unspecified atom stereocenters. The van der Waals surface area contributed by atoms with Crippen LogP contribution in [0.2, 0.25) is 0 Å². The summed E-state index contributed by atoms with van der Waals surface area (Å²) in [5, 5.41) is 0. The molecule has 0 saturated carbocycles. The van der Waals surface area contributed by atoms with Gasteiger partial charge in [-0.1, -0.05) is 36.4 Å². The normalized spacial score (nSPS) is 24.6. The number of carbonyl (C=O) groups excluding carboxylic acids is 2. The summed E-state index contributed by atoms with van der Waals surface area (Å²) >= 11 is 0. The first-order chi connectivity index (χ1) is 15.1. The number of ether oxygens (including phenoxy) is 1. The molecule has 3 aliphatic heterocycles. The monoisotopic (exact) mass is 421 g/mol. The van der Waals surface area contributed by atoms with Crippen molar-refractivity contribution in [3.05, 3.63) is 70.1 Å². The van der Waals surface area contributed by atoms with Gasteiger partial charge in [0.15, 0.2) is 0 Å². The molecule has 31 heavy (non-hydrogen) atoms. The predicted octanol–water partition coefficient (Wildman–Crippen LogP) is 2.60. The molecule has 7 nitrogen and oxygen atoms in total. The predicted molar refractivity (Wildman–Crippen MR) is 114 cm³/mol. The van der Waals surface area contributed by atoms with Crippen LogP contribution in [-0.4, -0.2) is 52.0 Å². The first-order valence-corrected chi connectivity index (χ1v) is 11.1. The zero-order valence-electron chi connectivity index (χ0n) is 17.5. The smallest absolute Gasteiger partial charge is 0.410 e. The van der Waals surface area contributed by atoms with E-state index in [0.29, 0.717) is 32.6 Å². The first kappa shape index (κ1) is 19.8. The van der Waals surface area contributed by atoms with Crippen molar-refractivity contribution in [1.29, 1.82) is 0 Å². The standard InChI is InChI=1S/C24H27N3O4/c28-22-10-4-8-20-19-12-18(14-27(20)22)13-25(15-19)23(29)21-9-5-11-26(21)24(30)31-16-17-6-2-1-3-7-17/h1-4,6-8,10,18-19,21H,5,9,11-16H2. The molecule has 7 heteroatoms. The number of carbonyl (C=O) groups is 2. The summed E-state index contributed by atoms with van der Waals surface area (Å²) in [5.74, 6) is 0.455. The molecule has 2 amide bonds. The molecule has 1 aromatic carbocycles. The number of pyridine rings is 1. The number of amides is 2. The van der Waals surface area contributed by atoms with Gasteiger partial charge in [0.25, 0.3) is 5.56 Å². The third-order valence-corrected chi connectivity index (χ3v) is 6.77. The lowest BCUT2D eigenvalue weighted by molar-refractivity contribution is -0.138. The highest BCUT2D eigenvalue weighted by Crippen LogP contribution is 2.36. The van der Waals surface area contributed by atoms with Gasteiger partial charge in [0.1, 0.15) is 12.6 Å². The number of fused-ring (bicyclic) bond motifs is 4. The molecule has 0 N–H and O–H groups in total. The molecule has 5 rings (SSSR count). The Morgan fingerprint density at radius 1 is 1.00 bits per heavy atom. The van der Waals surface area contributed by atoms with Gasteiger partial charge in [0.05, 0.1) is 0 Å². The molecular weight excluding hydrogens is 394 g/mol. The van der Waals surface area contributed by atoms with E-state index in [2.05, 4.69) is 0 Å². The number of nitrogens with zero attached hydrogens (tertiary/aromatic N) is 3. The number of piperidine rings is 1. The molecular formula is C24H27N3O4. The van der Waals surface area contributed by atoms with Gasteiger partial charge in [-0.2, -0.15) is 0 Å². The number of benzene rings is 1. The molecule has 2 saturated heterocycles. The molecule has 3 aliphatic rings. The highest BCUT2D eigenvalue weighted by Gasteiger charge is 2.42. The van der Waals surface area contributed by atoms with Crippen molar-refractivity contribution in [1.82, 2.24) is 14.4 Å². The summed E-state index contributed by atoms with van der Waals surface area (Å²) in [5.41, 5.74) is 1.98. The largest absolute Gasteiger partial charge is 0.445 e. The van der Waals surface area contributed by atoms with Gasteiger partial charge in [-0.15, -0.1) is 0 Å². The molecule has 0 radical (unpaired) electrons. The molecule has 0 spiro atoms. The van der Waals surface area contributed by atoms with Crippen LogP contribution in [0.5, 0.6) is 0 Å². The van der Waals surface area contributed by atoms with Crippen molar-refractivity contribution >= 4 is 12.0 Å². The average Bonchev–Trinajstić information content (AvgIpc) is 3.28. The van der Waals surface area contributed by atoms with Crippen molar-refractivity contribution < 1.29 is 14.3 Å². The summed E-state index contributed by atoms with van der Waals surface area (Å²) < 4.78 is 7.36. The highest BCUT2D eigenvalue weighted by molar-refractivity contribution is 5.86. The summed E-state index contributed by atoms with van der Waals surface area (Å²) in [7, 11) is 0. The lowest BCUT2D eigenvalue weighted by Gasteiger charge is -2.43. The van der Waals surface area contributed by atoms with E-state index in [9.17, 15) is 14.4 Å². The minimum Gasteiger partial charge on any atom is -0.445 e. The van der Waals surface area contributed by atoms with Crippen molar-refractivity contribution in [2.24, 2.45) is 5.92 Å². The Morgan fingerprint density at radius 3 is 2.68 bits per heavy atom. The Hall–Kier alpha value is -3.09. The van der Waals surface area contributed by atoms with Crippen LogP contribution in [0.3, 0.4) is 0 Å². The maximum Gasteiger partial charge on any atom is 0.410 e. The van der Waals surface area contributed by atoms with Gasteiger partial charge in [-0.05, 0) is 36.8 Å². The molecule has 4 heterocycles. The number of likely N-dealkylation sites (tertiary alicyclic amines) is 2. The fourth-order valence-electron chi connectivity index (χ4n) is 5.33. The van der Waals surface area contributed by atoms with Crippen LogP contribution in [0.25, 0.3) is 0 Å².